The van der Waals surface area contributed by atoms with Crippen molar-refractivity contribution in [1.82, 2.24) is 4.90 Å². The fourth-order valence-electron chi connectivity index (χ4n) is 4.49. The molecule has 1 fully saturated rings. The second kappa shape index (κ2) is 6.72. The molecule has 5 heteroatoms. The first-order chi connectivity index (χ1) is 13.3. The highest BCUT2D eigenvalue weighted by atomic mass is 16.6. The van der Waals surface area contributed by atoms with Gasteiger partial charge in [-0.05, 0) is 28.7 Å². The molecular weight excluding hydrogens is 340 g/mol. The van der Waals surface area contributed by atoms with Crippen LogP contribution < -0.4 is 0 Å². The van der Waals surface area contributed by atoms with Gasteiger partial charge >= 0.3 is 6.09 Å². The molecule has 0 bridgehead atoms. The molecule has 1 amide bonds. The summed E-state index contributed by atoms with van der Waals surface area (Å²) in [6, 6.07) is 16.8. The molecule has 0 saturated carbocycles. The Labute approximate surface area is 158 Å². The topological polar surface area (TPSA) is 51.1 Å². The van der Waals surface area contributed by atoms with Gasteiger partial charge in [-0.1, -0.05) is 53.7 Å². The molecule has 2 aliphatic heterocycles. The molecule has 0 spiro atoms. The second-order valence-electron chi connectivity index (χ2n) is 7.40. The van der Waals surface area contributed by atoms with Crippen LogP contribution in [0, 0.1) is 5.92 Å². The van der Waals surface area contributed by atoms with Gasteiger partial charge in [-0.15, -0.1) is 0 Å². The highest BCUT2D eigenvalue weighted by Gasteiger charge is 2.34. The van der Waals surface area contributed by atoms with Crippen LogP contribution in [0.1, 0.15) is 29.9 Å². The lowest BCUT2D eigenvalue weighted by molar-refractivity contribution is 0.107. The fraction of sp³-hybridized carbons (Fsp3) is 0.364. The molecule has 1 saturated heterocycles. The smallest absolute Gasteiger partial charge is 0.409 e. The van der Waals surface area contributed by atoms with Crippen LogP contribution in [0.2, 0.25) is 0 Å². The van der Waals surface area contributed by atoms with E-state index in [1.54, 1.807) is 4.90 Å². The predicted octanol–water partition coefficient (Wildman–Crippen LogP) is 4.03. The molecule has 5 rings (SSSR count). The fourth-order valence-corrected chi connectivity index (χ4v) is 4.49. The maximum atomic E-state index is 12.6. The summed E-state index contributed by atoms with van der Waals surface area (Å²) >= 11 is 0. The second-order valence-corrected chi connectivity index (χ2v) is 7.40. The number of carbonyl (C=O) groups is 1. The van der Waals surface area contributed by atoms with E-state index in [0.717, 1.165) is 25.1 Å². The molecule has 1 atom stereocenters. The Balaban J connectivity index is 1.27. The number of carbonyl (C=O) groups excluding carboxylic acids is 1. The van der Waals surface area contributed by atoms with Gasteiger partial charge < -0.3 is 14.5 Å². The lowest BCUT2D eigenvalue weighted by Crippen LogP contribution is -2.31. The van der Waals surface area contributed by atoms with Gasteiger partial charge in [-0.25, -0.2) is 4.79 Å². The number of hydrogen-bond donors (Lipinski definition) is 0. The minimum Gasteiger partial charge on any atom is -0.448 e. The standard InChI is InChI=1S/C22H22N2O3/c25-22(24-11-9-15(13-24)21-10-12-27-23-21)26-14-20-18-7-3-1-5-16(18)17-6-2-4-8-19(17)20/h1-8,15,20H,9-14H2. The molecule has 2 aromatic carbocycles. The summed E-state index contributed by atoms with van der Waals surface area (Å²) < 4.78 is 5.75. The van der Waals surface area contributed by atoms with Crippen molar-refractivity contribution in [3.8, 4) is 11.1 Å². The summed E-state index contributed by atoms with van der Waals surface area (Å²) in [7, 11) is 0. The Bertz CT molecular complexity index is 862. The molecule has 27 heavy (non-hydrogen) atoms. The van der Waals surface area contributed by atoms with Crippen molar-refractivity contribution >= 4 is 11.8 Å². The lowest BCUT2D eigenvalue weighted by Gasteiger charge is -2.19. The van der Waals surface area contributed by atoms with Crippen LogP contribution in [0.5, 0.6) is 0 Å². The van der Waals surface area contributed by atoms with Crippen LogP contribution in [-0.4, -0.2) is 43.0 Å². The number of likely N-dealkylation sites (tertiary alicyclic amines) is 1. The van der Waals surface area contributed by atoms with E-state index in [9.17, 15) is 4.79 Å². The number of ether oxygens (including phenoxy) is 1. The van der Waals surface area contributed by atoms with Crippen molar-refractivity contribution in [3.05, 3.63) is 59.7 Å². The van der Waals surface area contributed by atoms with E-state index in [2.05, 4.69) is 53.7 Å². The van der Waals surface area contributed by atoms with Gasteiger partial charge in [0.15, 0.2) is 0 Å². The minimum absolute atomic E-state index is 0.104. The van der Waals surface area contributed by atoms with Crippen LogP contribution in [-0.2, 0) is 9.57 Å². The van der Waals surface area contributed by atoms with Crippen molar-refractivity contribution in [1.29, 1.82) is 0 Å². The quantitative estimate of drug-likeness (QED) is 0.828. The third-order valence-electron chi connectivity index (χ3n) is 5.89. The monoisotopic (exact) mass is 362 g/mol. The normalized spacial score (nSPS) is 20.8. The highest BCUT2D eigenvalue weighted by Crippen LogP contribution is 2.44. The van der Waals surface area contributed by atoms with E-state index in [4.69, 9.17) is 9.57 Å². The summed E-state index contributed by atoms with van der Waals surface area (Å²) in [5.74, 6) is 0.417. The van der Waals surface area contributed by atoms with Crippen molar-refractivity contribution in [2.45, 2.75) is 18.8 Å². The molecule has 1 unspecified atom stereocenters. The average Bonchev–Trinajstić information content (AvgIpc) is 3.44. The maximum Gasteiger partial charge on any atom is 0.409 e. The van der Waals surface area contributed by atoms with E-state index in [1.807, 2.05) is 0 Å². The average molecular weight is 362 g/mol. The molecule has 0 N–H and O–H groups in total. The Hall–Kier alpha value is -2.82. The van der Waals surface area contributed by atoms with Gasteiger partial charge in [0.05, 0.1) is 5.71 Å². The van der Waals surface area contributed by atoms with Crippen LogP contribution in [0.3, 0.4) is 0 Å². The van der Waals surface area contributed by atoms with Gasteiger partial charge in [0.2, 0.25) is 0 Å². The van der Waals surface area contributed by atoms with Gasteiger partial charge in [0, 0.05) is 31.3 Å². The third kappa shape index (κ3) is 2.87. The summed E-state index contributed by atoms with van der Waals surface area (Å²) in [4.78, 5) is 19.5. The van der Waals surface area contributed by atoms with Crippen molar-refractivity contribution in [2.75, 3.05) is 26.3 Å². The third-order valence-corrected chi connectivity index (χ3v) is 5.89. The first-order valence-corrected chi connectivity index (χ1v) is 9.60. The van der Waals surface area contributed by atoms with E-state index >= 15 is 0 Å². The SMILES string of the molecule is O=C(OCC1c2ccccc2-c2ccccc21)N1CCC(C2=NOCC2)C1. The van der Waals surface area contributed by atoms with Crippen molar-refractivity contribution in [2.24, 2.45) is 11.1 Å². The molecule has 138 valence electrons. The molecular formula is C22H22N2O3. The summed E-state index contributed by atoms with van der Waals surface area (Å²) in [5.41, 5.74) is 6.06. The van der Waals surface area contributed by atoms with Crippen LogP contribution in [0.4, 0.5) is 4.79 Å². The number of benzene rings is 2. The molecule has 5 nitrogen and oxygen atoms in total. The molecule has 0 radical (unpaired) electrons. The van der Waals surface area contributed by atoms with Crippen molar-refractivity contribution < 1.29 is 14.4 Å². The molecule has 2 aromatic rings. The highest BCUT2D eigenvalue weighted by molar-refractivity contribution is 5.88. The zero-order chi connectivity index (χ0) is 18.2. The Kier molecular flexibility index (Phi) is 4.07. The van der Waals surface area contributed by atoms with Gasteiger partial charge in [-0.2, -0.15) is 0 Å². The van der Waals surface area contributed by atoms with Gasteiger partial charge in [0.25, 0.3) is 0 Å². The summed E-state index contributed by atoms with van der Waals surface area (Å²) in [6.07, 6.45) is 1.59. The van der Waals surface area contributed by atoms with Gasteiger partial charge in [-0.3, -0.25) is 0 Å². The Morgan fingerprint density at radius 2 is 1.81 bits per heavy atom. The van der Waals surface area contributed by atoms with E-state index < -0.39 is 0 Å². The van der Waals surface area contributed by atoms with Gasteiger partial charge in [0.1, 0.15) is 13.2 Å². The van der Waals surface area contributed by atoms with Crippen molar-refractivity contribution in [3.63, 3.8) is 0 Å². The van der Waals surface area contributed by atoms with E-state index in [1.165, 1.54) is 22.3 Å². The molecule has 3 aliphatic rings. The van der Waals surface area contributed by atoms with Crippen LogP contribution in [0.15, 0.2) is 53.7 Å². The number of amides is 1. The number of rotatable bonds is 3. The number of oxime groups is 1. The largest absolute Gasteiger partial charge is 0.448 e. The lowest BCUT2D eigenvalue weighted by atomic mass is 9.98. The summed E-state index contributed by atoms with van der Waals surface area (Å²) in [5, 5.41) is 4.11. The first kappa shape index (κ1) is 16.4. The number of fused-ring (bicyclic) bond motifs is 3. The van der Waals surface area contributed by atoms with Crippen LogP contribution >= 0.6 is 0 Å². The first-order valence-electron chi connectivity index (χ1n) is 9.60. The minimum atomic E-state index is -0.223. The Morgan fingerprint density at radius 1 is 1.11 bits per heavy atom. The molecule has 0 aromatic heterocycles. The predicted molar refractivity (Wildman–Crippen MR) is 103 cm³/mol. The van der Waals surface area contributed by atoms with E-state index in [0.29, 0.717) is 25.7 Å². The molecule has 1 aliphatic carbocycles. The van der Waals surface area contributed by atoms with Crippen LogP contribution in [0.25, 0.3) is 11.1 Å². The number of nitrogens with zero attached hydrogens (tertiary/aromatic N) is 2. The molecule has 2 heterocycles. The Morgan fingerprint density at radius 3 is 2.48 bits per heavy atom. The van der Waals surface area contributed by atoms with E-state index in [-0.39, 0.29) is 12.0 Å². The number of hydrogen-bond acceptors (Lipinski definition) is 4. The zero-order valence-corrected chi connectivity index (χ0v) is 15.1. The summed E-state index contributed by atoms with van der Waals surface area (Å²) in [6.45, 7) is 2.44. The maximum absolute atomic E-state index is 12.6. The zero-order valence-electron chi connectivity index (χ0n) is 15.1.